The van der Waals surface area contributed by atoms with Gasteiger partial charge in [-0.2, -0.15) is 0 Å². The lowest BCUT2D eigenvalue weighted by Crippen LogP contribution is -2.47. The number of ether oxygens (including phenoxy) is 1. The SMILES string of the molecule is Cc1cc(S(=O)(=O)NC(=O)c2ccc(N3CCN(CC4=C(c5ccc(Cl)cc5)CC(C)(C)CC4)CC3)cc2Oc2cccc3[nH]cnc23)ccc1N[C@@H]1CCN(C(=O)CN(C)C)C1. The van der Waals surface area contributed by atoms with E-state index in [-0.39, 0.29) is 33.6 Å². The molecule has 0 unspecified atom stereocenters. The van der Waals surface area contributed by atoms with E-state index in [1.165, 1.54) is 22.8 Å². The summed E-state index contributed by atoms with van der Waals surface area (Å²) in [6.07, 6.45) is 5.62. The Hall–Kier alpha value is -5.41. The van der Waals surface area contributed by atoms with Crippen LogP contribution >= 0.6 is 11.6 Å². The second kappa shape index (κ2) is 18.4. The highest BCUT2D eigenvalue weighted by Gasteiger charge is 2.31. The van der Waals surface area contributed by atoms with E-state index in [9.17, 15) is 18.0 Å². The Morgan fingerprint density at radius 3 is 2.49 bits per heavy atom. The fourth-order valence-corrected chi connectivity index (χ4v) is 10.1. The van der Waals surface area contributed by atoms with Crippen LogP contribution in [0.5, 0.6) is 11.5 Å². The number of para-hydroxylation sites is 1. The number of aryl methyl sites for hydroxylation is 1. The van der Waals surface area contributed by atoms with Gasteiger partial charge in [-0.15, -0.1) is 0 Å². The summed E-state index contributed by atoms with van der Waals surface area (Å²) < 4.78 is 36.4. The number of imidazole rings is 1. The van der Waals surface area contributed by atoms with Crippen LogP contribution in [0.15, 0.2) is 95.7 Å². The number of nitrogens with one attached hydrogen (secondary N) is 3. The quantitative estimate of drug-likeness (QED) is 0.107. The first-order valence-corrected chi connectivity index (χ1v) is 23.5. The lowest BCUT2D eigenvalue weighted by atomic mass is 9.72. The van der Waals surface area contributed by atoms with Gasteiger partial charge in [0, 0.05) is 74.3 Å². The number of likely N-dealkylation sites (tertiary alicyclic amines) is 1. The summed E-state index contributed by atoms with van der Waals surface area (Å²) in [5.74, 6) is -0.0928. The molecule has 3 aliphatic rings. The van der Waals surface area contributed by atoms with E-state index in [1.807, 2.05) is 67.2 Å². The summed E-state index contributed by atoms with van der Waals surface area (Å²) in [6, 6.07) is 23.8. The number of likely N-dealkylation sites (N-methyl/N-ethyl adjacent to an activating group) is 1. The van der Waals surface area contributed by atoms with Gasteiger partial charge in [0.1, 0.15) is 11.3 Å². The molecular weight excluding hydrogens is 836 g/mol. The van der Waals surface area contributed by atoms with Crippen LogP contribution in [-0.2, 0) is 14.8 Å². The maximum absolute atomic E-state index is 14.0. The van der Waals surface area contributed by atoms with Gasteiger partial charge in [0.05, 0.1) is 28.8 Å². The van der Waals surface area contributed by atoms with Crippen molar-refractivity contribution in [3.8, 4) is 11.5 Å². The molecule has 2 aliphatic heterocycles. The van der Waals surface area contributed by atoms with Crippen molar-refractivity contribution in [1.29, 1.82) is 0 Å². The second-order valence-electron chi connectivity index (χ2n) is 18.1. The summed E-state index contributed by atoms with van der Waals surface area (Å²) in [4.78, 5) is 42.6. The number of nitrogens with zero attached hydrogens (tertiary/aromatic N) is 5. The summed E-state index contributed by atoms with van der Waals surface area (Å²) in [7, 11) is -0.543. The molecule has 8 rings (SSSR count). The number of amides is 2. The fraction of sp³-hybridized carbons (Fsp3) is 0.396. The highest BCUT2D eigenvalue weighted by atomic mass is 35.5. The minimum absolute atomic E-state index is 0.0376. The Bertz CT molecular complexity index is 2640. The molecule has 2 saturated heterocycles. The molecule has 0 saturated carbocycles. The van der Waals surface area contributed by atoms with E-state index in [4.69, 9.17) is 16.3 Å². The van der Waals surface area contributed by atoms with Crippen LogP contribution in [0, 0.1) is 12.3 Å². The van der Waals surface area contributed by atoms with Gasteiger partial charge in [-0.25, -0.2) is 18.1 Å². The van der Waals surface area contributed by atoms with Crippen LogP contribution in [-0.4, -0.2) is 117 Å². The minimum Gasteiger partial charge on any atom is -0.454 e. The van der Waals surface area contributed by atoms with Crippen molar-refractivity contribution in [1.82, 2.24) is 29.4 Å². The molecule has 0 spiro atoms. The van der Waals surface area contributed by atoms with Gasteiger partial charge in [0.2, 0.25) is 5.91 Å². The number of piperazine rings is 1. The molecule has 1 aliphatic carbocycles. The highest BCUT2D eigenvalue weighted by molar-refractivity contribution is 7.90. The van der Waals surface area contributed by atoms with E-state index >= 15 is 0 Å². The lowest BCUT2D eigenvalue weighted by Gasteiger charge is -2.39. The number of carbonyl (C=O) groups is 2. The van der Waals surface area contributed by atoms with Crippen LogP contribution in [0.3, 0.4) is 0 Å². The van der Waals surface area contributed by atoms with Crippen molar-refractivity contribution in [2.75, 3.05) is 76.7 Å². The molecule has 1 atom stereocenters. The number of hydrogen-bond acceptors (Lipinski definition) is 10. The topological polar surface area (TPSA) is 143 Å². The first-order valence-electron chi connectivity index (χ1n) is 21.7. The number of sulfonamides is 1. The number of rotatable bonds is 13. The van der Waals surface area contributed by atoms with E-state index < -0.39 is 15.9 Å². The van der Waals surface area contributed by atoms with Gasteiger partial charge in [-0.3, -0.25) is 14.5 Å². The predicted molar refractivity (Wildman–Crippen MR) is 250 cm³/mol. The van der Waals surface area contributed by atoms with Gasteiger partial charge in [0.25, 0.3) is 15.9 Å². The van der Waals surface area contributed by atoms with E-state index in [0.29, 0.717) is 36.5 Å². The molecule has 5 aromatic rings. The van der Waals surface area contributed by atoms with E-state index in [0.717, 1.165) is 80.3 Å². The molecule has 0 bridgehead atoms. The van der Waals surface area contributed by atoms with Crippen LogP contribution < -0.4 is 19.7 Å². The van der Waals surface area contributed by atoms with Crippen LogP contribution in [0.2, 0.25) is 5.02 Å². The zero-order chi connectivity index (χ0) is 44.5. The van der Waals surface area contributed by atoms with Crippen molar-refractivity contribution in [2.45, 2.75) is 57.4 Å². The second-order valence-corrected chi connectivity index (χ2v) is 20.3. The molecule has 3 N–H and O–H groups in total. The Morgan fingerprint density at radius 1 is 0.968 bits per heavy atom. The van der Waals surface area contributed by atoms with Crippen LogP contribution in [0.4, 0.5) is 11.4 Å². The summed E-state index contributed by atoms with van der Waals surface area (Å²) in [6.45, 7) is 12.2. The molecular formula is C48H57ClN8O5S. The van der Waals surface area contributed by atoms with Gasteiger partial charge in [-0.1, -0.05) is 49.2 Å². The number of carbonyl (C=O) groups excluding carboxylic acids is 2. The van der Waals surface area contributed by atoms with Gasteiger partial charge in [0.15, 0.2) is 5.75 Å². The number of H-pyrrole nitrogens is 1. The molecule has 2 amide bonds. The number of fused-ring (bicyclic) bond motifs is 1. The maximum Gasteiger partial charge on any atom is 0.268 e. The predicted octanol–water partition coefficient (Wildman–Crippen LogP) is 7.80. The zero-order valence-corrected chi connectivity index (χ0v) is 38.3. The molecule has 13 nitrogen and oxygen atoms in total. The number of allylic oxidation sites excluding steroid dienone is 1. The molecule has 332 valence electrons. The first kappa shape index (κ1) is 44.2. The normalized spacial score (nSPS) is 18.3. The third-order valence-corrected chi connectivity index (χ3v) is 14.0. The van der Waals surface area contributed by atoms with Crippen molar-refractivity contribution >= 4 is 61.4 Å². The summed E-state index contributed by atoms with van der Waals surface area (Å²) in [5, 5.41) is 4.21. The molecule has 1 aromatic heterocycles. The lowest BCUT2D eigenvalue weighted by molar-refractivity contribution is -0.130. The van der Waals surface area contributed by atoms with Gasteiger partial charge in [-0.05, 0) is 123 Å². The van der Waals surface area contributed by atoms with E-state index in [1.54, 1.807) is 30.6 Å². The first-order chi connectivity index (χ1) is 30.1. The zero-order valence-electron chi connectivity index (χ0n) is 36.7. The Balaban J connectivity index is 0.978. The molecule has 15 heteroatoms. The Labute approximate surface area is 375 Å². The third kappa shape index (κ3) is 10.4. The molecule has 63 heavy (non-hydrogen) atoms. The number of aromatic amines is 1. The number of anilines is 2. The third-order valence-electron chi connectivity index (χ3n) is 12.5. The fourth-order valence-electron chi connectivity index (χ4n) is 8.91. The van der Waals surface area contributed by atoms with Gasteiger partial charge >= 0.3 is 0 Å². The monoisotopic (exact) mass is 892 g/mol. The average Bonchev–Trinajstić information content (AvgIpc) is 3.93. The number of benzene rings is 4. The summed E-state index contributed by atoms with van der Waals surface area (Å²) in [5.41, 5.74) is 8.17. The Morgan fingerprint density at radius 2 is 1.75 bits per heavy atom. The van der Waals surface area contributed by atoms with Crippen LogP contribution in [0.1, 0.15) is 61.0 Å². The van der Waals surface area contributed by atoms with Crippen molar-refractivity contribution in [3.63, 3.8) is 0 Å². The summed E-state index contributed by atoms with van der Waals surface area (Å²) >= 11 is 6.26. The number of hydrogen-bond donors (Lipinski definition) is 3. The van der Waals surface area contributed by atoms with Gasteiger partial charge < -0.3 is 29.7 Å². The van der Waals surface area contributed by atoms with Crippen molar-refractivity contribution in [3.05, 3.63) is 112 Å². The molecule has 0 radical (unpaired) electrons. The number of aromatic nitrogens is 2. The number of halogens is 1. The van der Waals surface area contributed by atoms with Crippen molar-refractivity contribution < 1.29 is 22.7 Å². The highest BCUT2D eigenvalue weighted by Crippen LogP contribution is 2.43. The molecule has 2 fully saturated rings. The smallest absolute Gasteiger partial charge is 0.268 e. The standard InChI is InChI=1S/C48H57ClN8O5S/c1-32-25-38(14-16-41(32)52-36-18-20-57(29-36)45(58)30-54(4)5)63(60,61)53-47(59)39-15-13-37(26-44(39)62-43-8-6-7-42-46(43)51-31-50-42)56-23-21-55(22-24-56)28-34-17-19-48(2,3)27-40(34)33-9-11-35(49)12-10-33/h6-16,25-26,31,36,52H,17-24,27-30H2,1-5H3,(H,50,51)(H,53,59)/t36-/m1/s1. The Kier molecular flexibility index (Phi) is 12.9. The molecule has 4 aromatic carbocycles. The minimum atomic E-state index is -4.28. The largest absolute Gasteiger partial charge is 0.454 e. The maximum atomic E-state index is 14.0. The average molecular weight is 894 g/mol. The van der Waals surface area contributed by atoms with E-state index in [2.05, 4.69) is 55.8 Å². The van der Waals surface area contributed by atoms with Crippen LogP contribution in [0.25, 0.3) is 16.6 Å². The molecule has 3 heterocycles. The van der Waals surface area contributed by atoms with Crippen molar-refractivity contribution in [2.24, 2.45) is 5.41 Å².